The van der Waals surface area contributed by atoms with E-state index in [0.29, 0.717) is 16.8 Å². The number of Topliss-reactive ketones (excluding diaryl/α,β-unsaturated/α-hetero) is 1. The van der Waals surface area contributed by atoms with Gasteiger partial charge in [-0.05, 0) is 31.2 Å². The summed E-state index contributed by atoms with van der Waals surface area (Å²) in [4.78, 5) is 37.9. The molecule has 0 saturated carbocycles. The molecule has 1 aromatic heterocycles. The van der Waals surface area contributed by atoms with Gasteiger partial charge in [0.05, 0.1) is 16.8 Å². The van der Waals surface area contributed by atoms with Gasteiger partial charge in [0.1, 0.15) is 11.6 Å². The molecule has 0 fully saturated rings. The van der Waals surface area contributed by atoms with Crippen molar-refractivity contribution < 1.29 is 19.1 Å². The van der Waals surface area contributed by atoms with Crippen molar-refractivity contribution in [2.24, 2.45) is 0 Å². The average Bonchev–Trinajstić information content (AvgIpc) is 3.19. The number of carbonyl (C=O) groups excluding carboxylic acids is 3. The van der Waals surface area contributed by atoms with Gasteiger partial charge in [0.2, 0.25) is 0 Å². The second kappa shape index (κ2) is 6.07. The first-order valence-corrected chi connectivity index (χ1v) is 7.99. The molecule has 2 aromatic carbocycles. The molecule has 0 N–H and O–H groups in total. The van der Waals surface area contributed by atoms with Crippen LogP contribution in [0.2, 0.25) is 0 Å². The number of rotatable bonds is 4. The average molecular weight is 350 g/mol. The molecule has 8 heteroatoms. The molecule has 26 heavy (non-hydrogen) atoms. The first kappa shape index (κ1) is 15.9. The van der Waals surface area contributed by atoms with Crippen LogP contribution < -0.4 is 4.90 Å². The maximum atomic E-state index is 12.4. The minimum Gasteiger partial charge on any atom is -0.441 e. The predicted molar refractivity (Wildman–Crippen MR) is 91.3 cm³/mol. The first-order valence-electron chi connectivity index (χ1n) is 7.99. The lowest BCUT2D eigenvalue weighted by molar-refractivity contribution is -0.149. The minimum atomic E-state index is -0.940. The number of amides is 1. The van der Waals surface area contributed by atoms with E-state index in [2.05, 4.69) is 10.3 Å². The molecular formula is C18H14N4O4. The van der Waals surface area contributed by atoms with Crippen molar-refractivity contribution in [1.82, 2.24) is 15.0 Å². The van der Waals surface area contributed by atoms with Crippen LogP contribution in [0.25, 0.3) is 11.0 Å². The zero-order valence-corrected chi connectivity index (χ0v) is 13.8. The Kier molecular flexibility index (Phi) is 3.72. The molecule has 4 rings (SSSR count). The van der Waals surface area contributed by atoms with E-state index in [-0.39, 0.29) is 6.73 Å². The van der Waals surface area contributed by atoms with Crippen molar-refractivity contribution in [2.45, 2.75) is 19.7 Å². The number of aromatic nitrogens is 3. The SMILES string of the molecule is C[C@@H](C(=O)OCn1nnc2ccccc21)N1C(=O)C(=O)c2ccccc21. The van der Waals surface area contributed by atoms with E-state index in [0.717, 1.165) is 5.52 Å². The number of para-hydroxylation sites is 2. The molecule has 0 aliphatic carbocycles. The number of ether oxygens (including phenoxy) is 1. The molecule has 3 aromatic rings. The zero-order chi connectivity index (χ0) is 18.3. The summed E-state index contributed by atoms with van der Waals surface area (Å²) >= 11 is 0. The third kappa shape index (κ3) is 2.43. The summed E-state index contributed by atoms with van der Waals surface area (Å²) in [6.45, 7) is 1.39. The Morgan fingerprint density at radius 1 is 1.12 bits per heavy atom. The number of carbonyl (C=O) groups is 3. The number of nitrogens with zero attached hydrogens (tertiary/aromatic N) is 4. The van der Waals surface area contributed by atoms with Gasteiger partial charge in [-0.1, -0.05) is 29.5 Å². The van der Waals surface area contributed by atoms with Crippen molar-refractivity contribution in [3.63, 3.8) is 0 Å². The molecule has 1 aliphatic heterocycles. The lowest BCUT2D eigenvalue weighted by atomic mass is 10.1. The van der Waals surface area contributed by atoms with Crippen LogP contribution in [0.3, 0.4) is 0 Å². The number of fused-ring (bicyclic) bond motifs is 2. The van der Waals surface area contributed by atoms with E-state index in [4.69, 9.17) is 4.74 Å². The van der Waals surface area contributed by atoms with Gasteiger partial charge in [0, 0.05) is 0 Å². The van der Waals surface area contributed by atoms with Crippen LogP contribution in [0.15, 0.2) is 48.5 Å². The van der Waals surface area contributed by atoms with Crippen molar-refractivity contribution in [3.8, 4) is 0 Å². The quantitative estimate of drug-likeness (QED) is 0.523. The highest BCUT2D eigenvalue weighted by atomic mass is 16.5. The maximum absolute atomic E-state index is 12.4. The Hall–Kier alpha value is -3.55. The fraction of sp³-hybridized carbons (Fsp3) is 0.167. The molecule has 1 atom stereocenters. The monoisotopic (exact) mass is 350 g/mol. The zero-order valence-electron chi connectivity index (χ0n) is 13.8. The normalized spacial score (nSPS) is 14.6. The number of hydrogen-bond acceptors (Lipinski definition) is 6. The molecule has 0 unspecified atom stereocenters. The fourth-order valence-electron chi connectivity index (χ4n) is 2.96. The van der Waals surface area contributed by atoms with Crippen molar-refractivity contribution >= 4 is 34.4 Å². The standard InChI is InChI=1S/C18H14N4O4/c1-11(22-14-8-4-2-6-12(14)16(23)17(22)24)18(25)26-10-21-15-9-5-3-7-13(15)19-20-21/h2-9,11H,10H2,1H3/t11-/m0/s1. The van der Waals surface area contributed by atoms with Gasteiger partial charge < -0.3 is 4.74 Å². The minimum absolute atomic E-state index is 0.138. The van der Waals surface area contributed by atoms with Gasteiger partial charge >= 0.3 is 5.97 Å². The molecule has 1 amide bonds. The summed E-state index contributed by atoms with van der Waals surface area (Å²) in [5.74, 6) is -1.99. The van der Waals surface area contributed by atoms with E-state index in [1.807, 2.05) is 18.2 Å². The highest BCUT2D eigenvalue weighted by Crippen LogP contribution is 2.30. The van der Waals surface area contributed by atoms with Crippen LogP contribution in [-0.4, -0.2) is 38.7 Å². The molecular weight excluding hydrogens is 336 g/mol. The second-order valence-corrected chi connectivity index (χ2v) is 5.87. The van der Waals surface area contributed by atoms with Crippen LogP contribution in [0.5, 0.6) is 0 Å². The Bertz CT molecular complexity index is 1040. The van der Waals surface area contributed by atoms with Gasteiger partial charge in [-0.15, -0.1) is 5.10 Å². The number of anilines is 1. The largest absolute Gasteiger partial charge is 0.441 e. The molecule has 0 saturated heterocycles. The Balaban J connectivity index is 1.52. The van der Waals surface area contributed by atoms with Crippen molar-refractivity contribution in [3.05, 3.63) is 54.1 Å². The third-order valence-electron chi connectivity index (χ3n) is 4.30. The van der Waals surface area contributed by atoms with E-state index >= 15 is 0 Å². The lowest BCUT2D eigenvalue weighted by Crippen LogP contribution is -2.43. The number of hydrogen-bond donors (Lipinski definition) is 0. The highest BCUT2D eigenvalue weighted by molar-refractivity contribution is 6.52. The Morgan fingerprint density at radius 2 is 1.85 bits per heavy atom. The second-order valence-electron chi connectivity index (χ2n) is 5.87. The highest BCUT2D eigenvalue weighted by Gasteiger charge is 2.41. The van der Waals surface area contributed by atoms with Gasteiger partial charge in [-0.2, -0.15) is 0 Å². The fourth-order valence-corrected chi connectivity index (χ4v) is 2.96. The van der Waals surface area contributed by atoms with Gasteiger partial charge in [0.15, 0.2) is 6.73 Å². The van der Waals surface area contributed by atoms with E-state index in [1.54, 1.807) is 30.3 Å². The summed E-state index contributed by atoms with van der Waals surface area (Å²) in [5.41, 5.74) is 2.12. The summed E-state index contributed by atoms with van der Waals surface area (Å²) in [6, 6.07) is 12.9. The van der Waals surface area contributed by atoms with Gasteiger partial charge in [0.25, 0.3) is 11.7 Å². The van der Waals surface area contributed by atoms with Gasteiger partial charge in [-0.3, -0.25) is 14.5 Å². The summed E-state index contributed by atoms with van der Waals surface area (Å²) < 4.78 is 6.73. The van der Waals surface area contributed by atoms with Crippen LogP contribution >= 0.6 is 0 Å². The molecule has 8 nitrogen and oxygen atoms in total. The predicted octanol–water partition coefficient (Wildman–Crippen LogP) is 1.55. The molecule has 130 valence electrons. The lowest BCUT2D eigenvalue weighted by Gasteiger charge is -2.22. The van der Waals surface area contributed by atoms with Crippen LogP contribution in [0, 0.1) is 0 Å². The smallest absolute Gasteiger partial charge is 0.330 e. The number of ketones is 1. The molecule has 0 spiro atoms. The molecule has 0 radical (unpaired) electrons. The summed E-state index contributed by atoms with van der Waals surface area (Å²) in [6.07, 6.45) is 0. The first-order chi connectivity index (χ1) is 12.6. The molecule has 1 aliphatic rings. The van der Waals surface area contributed by atoms with Crippen molar-refractivity contribution in [1.29, 1.82) is 0 Å². The van der Waals surface area contributed by atoms with Crippen LogP contribution in [-0.2, 0) is 21.1 Å². The van der Waals surface area contributed by atoms with Crippen LogP contribution in [0.4, 0.5) is 5.69 Å². The van der Waals surface area contributed by atoms with E-state index in [1.165, 1.54) is 16.5 Å². The Labute approximate surface area is 148 Å². The maximum Gasteiger partial charge on any atom is 0.330 e. The third-order valence-corrected chi connectivity index (χ3v) is 4.30. The van der Waals surface area contributed by atoms with Crippen LogP contribution in [0.1, 0.15) is 17.3 Å². The summed E-state index contributed by atoms with van der Waals surface area (Å²) in [7, 11) is 0. The number of esters is 1. The van der Waals surface area contributed by atoms with Crippen molar-refractivity contribution in [2.75, 3.05) is 4.90 Å². The Morgan fingerprint density at radius 3 is 2.69 bits per heavy atom. The van der Waals surface area contributed by atoms with E-state index < -0.39 is 23.7 Å². The summed E-state index contributed by atoms with van der Waals surface area (Å²) in [5, 5.41) is 7.92. The number of benzene rings is 2. The molecule has 0 bridgehead atoms. The van der Waals surface area contributed by atoms with E-state index in [9.17, 15) is 14.4 Å². The molecule has 2 heterocycles. The van der Waals surface area contributed by atoms with Gasteiger partial charge in [-0.25, -0.2) is 9.48 Å². The topological polar surface area (TPSA) is 94.4 Å².